The van der Waals surface area contributed by atoms with Crippen LogP contribution in [0.2, 0.25) is 0 Å². The summed E-state index contributed by atoms with van der Waals surface area (Å²) < 4.78 is 12.9. The van der Waals surface area contributed by atoms with Crippen LogP contribution in [0.5, 0.6) is 0 Å². The fourth-order valence-electron chi connectivity index (χ4n) is 15.6. The number of H-pyrrole nitrogens is 2. The lowest BCUT2D eigenvalue weighted by atomic mass is 9.84. The van der Waals surface area contributed by atoms with E-state index in [0.717, 1.165) is 28.6 Å². The van der Waals surface area contributed by atoms with Gasteiger partial charge in [0, 0.05) is 133 Å². The van der Waals surface area contributed by atoms with E-state index in [1.54, 1.807) is 0 Å². The maximum atomic E-state index is 5.44. The predicted molar refractivity (Wildman–Crippen MR) is 627 cm³/mol. The third kappa shape index (κ3) is 42.0. The van der Waals surface area contributed by atoms with Gasteiger partial charge in [-0.2, -0.15) is 10.2 Å². The minimum Gasteiger partial charge on any atom is -0.360 e. The minimum atomic E-state index is 0.0145. The lowest BCUT2D eigenvalue weighted by molar-refractivity contribution is 0.318. The first-order chi connectivity index (χ1) is 61.9. The van der Waals surface area contributed by atoms with E-state index in [4.69, 9.17) is 19.0 Å². The van der Waals surface area contributed by atoms with Crippen LogP contribution in [0.1, 0.15) is 581 Å². The van der Waals surface area contributed by atoms with Gasteiger partial charge in [-0.3, -0.25) is 10.2 Å². The molecule has 0 bridgehead atoms. The Kier molecular flexibility index (Phi) is 46.2. The Hall–Kier alpha value is -5.80. The van der Waals surface area contributed by atoms with Crippen LogP contribution >= 0.6 is 56.7 Å². The van der Waals surface area contributed by atoms with E-state index in [0.29, 0.717) is 10.8 Å². The summed E-state index contributed by atoms with van der Waals surface area (Å²) in [6, 6.07) is 4.54. The Balaban J connectivity index is 0.00000154. The third-order valence-corrected chi connectivity index (χ3v) is 31.2. The average molecular weight is 2050 g/mol. The van der Waals surface area contributed by atoms with Crippen molar-refractivity contribution in [3.8, 4) is 0 Å². The molecular formula is C121H217N13O2S5. The number of nitrogens with one attached hydrogen (secondary N) is 2. The van der Waals surface area contributed by atoms with E-state index in [1.165, 1.54) is 123 Å². The van der Waals surface area contributed by atoms with Crippen LogP contribution in [0.25, 0.3) is 0 Å². The number of aromatic nitrogens is 13. The zero-order valence-electron chi connectivity index (χ0n) is 105. The molecule has 10 aromatic heterocycles. The average Bonchev–Trinajstić information content (AvgIpc) is 1.65. The maximum Gasteiger partial charge on any atom is 0.145 e. The van der Waals surface area contributed by atoms with Crippen molar-refractivity contribution in [2.45, 2.75) is 600 Å². The summed E-state index contributed by atoms with van der Waals surface area (Å²) in [5, 5.41) is 37.0. The molecule has 2 N–H and O–H groups in total. The van der Waals surface area contributed by atoms with Crippen molar-refractivity contribution in [2.24, 2.45) is 0 Å². The SMILES string of the molecule is CC.CC(C)(C)c1ccc(C(C)(C)C)s1.Cc1c(C(C)(C)C)n[nH]c1C(C)(C)C.Cc1c(C(C)(C)C)n[nH]c1C(C)(C)C.Cc1c(C(C)(C)C)nnn1C(C)(C)C.Cc1c(C(C)(C)C)noc1C(C)(C)C.Cc1c(C(C)(C)C)noc1C(C)(C)C.Cc1nc(C(C)(C)C)sc1C(C)(C)C.Cc1nc(C(C)(C)C)sc1C(C)(C)C.Cc1sc(C(C)(C)C)nc1C(C)(C)C.Cc1sc(C(C)(C)C)nc1C(C)(C)C. The lowest BCUT2D eigenvalue weighted by Crippen LogP contribution is -2.25. The van der Waals surface area contributed by atoms with Gasteiger partial charge in [-0.15, -0.1) is 61.8 Å². The molecule has 0 saturated carbocycles. The summed E-state index contributed by atoms with van der Waals surface area (Å²) in [5.41, 5.74) is 22.2. The summed E-state index contributed by atoms with van der Waals surface area (Å²) in [4.78, 5) is 27.4. The highest BCUT2D eigenvalue weighted by Crippen LogP contribution is 2.44. The smallest absolute Gasteiger partial charge is 0.145 e. The van der Waals surface area contributed by atoms with Gasteiger partial charge in [-0.25, -0.2) is 24.6 Å². The second-order valence-electron chi connectivity index (χ2n) is 59.3. The second kappa shape index (κ2) is 48.2. The number of hydrogen-bond donors (Lipinski definition) is 2. The highest BCUT2D eigenvalue weighted by molar-refractivity contribution is 7.13. The van der Waals surface area contributed by atoms with Crippen LogP contribution in [-0.4, -0.2) is 65.6 Å². The number of thiazole rings is 4. The molecule has 141 heavy (non-hydrogen) atoms. The van der Waals surface area contributed by atoms with Crippen LogP contribution in [0.3, 0.4) is 0 Å². The van der Waals surface area contributed by atoms with Gasteiger partial charge in [0.2, 0.25) is 0 Å². The van der Waals surface area contributed by atoms with E-state index in [9.17, 15) is 0 Å². The molecule has 0 atom stereocenters. The largest absolute Gasteiger partial charge is 0.360 e. The predicted octanol–water partition coefficient (Wildman–Crippen LogP) is 38.0. The molecule has 0 radical (unpaired) electrons. The second-order valence-corrected chi connectivity index (χ2v) is 64.8. The number of nitrogens with zero attached hydrogens (tertiary/aromatic N) is 11. The van der Waals surface area contributed by atoms with E-state index in [2.05, 4.69) is 541 Å². The van der Waals surface area contributed by atoms with Gasteiger partial charge in [0.15, 0.2) is 0 Å². The van der Waals surface area contributed by atoms with E-state index in [1.807, 2.05) is 75.2 Å². The van der Waals surface area contributed by atoms with Crippen molar-refractivity contribution >= 4 is 56.7 Å². The number of aromatic amines is 2. The van der Waals surface area contributed by atoms with Crippen molar-refractivity contribution in [3.05, 3.63) is 164 Å². The van der Waals surface area contributed by atoms with Gasteiger partial charge in [-0.05, 0) is 128 Å². The lowest BCUT2D eigenvalue weighted by Gasteiger charge is -2.22. The van der Waals surface area contributed by atoms with Crippen LogP contribution in [0.4, 0.5) is 0 Å². The molecule has 0 saturated heterocycles. The zero-order chi connectivity index (χ0) is 113. The first kappa shape index (κ1) is 135. The molecule has 0 aliphatic heterocycles. The quantitative estimate of drug-likeness (QED) is 0.146. The van der Waals surface area contributed by atoms with E-state index >= 15 is 0 Å². The Morgan fingerprint density at radius 1 is 0.241 bits per heavy atom. The molecule has 10 rings (SSSR count). The maximum absolute atomic E-state index is 5.44. The summed E-state index contributed by atoms with van der Waals surface area (Å²) in [6.45, 7) is 155. The Morgan fingerprint density at radius 2 is 0.482 bits per heavy atom. The fraction of sp³-hybridized carbons (Fsp3) is 0.752. The number of rotatable bonds is 0. The van der Waals surface area contributed by atoms with Crippen molar-refractivity contribution < 1.29 is 9.05 Å². The number of hydrogen-bond acceptors (Lipinski definition) is 17. The molecule has 10 heterocycles. The van der Waals surface area contributed by atoms with Gasteiger partial charge in [-0.1, -0.05) is 424 Å². The van der Waals surface area contributed by atoms with Gasteiger partial charge in [0.25, 0.3) is 0 Å². The zero-order valence-corrected chi connectivity index (χ0v) is 109. The van der Waals surface area contributed by atoms with Crippen molar-refractivity contribution in [1.29, 1.82) is 0 Å². The Labute approximate surface area is 888 Å². The van der Waals surface area contributed by atoms with Crippen molar-refractivity contribution in [2.75, 3.05) is 0 Å². The van der Waals surface area contributed by atoms with Gasteiger partial charge < -0.3 is 9.05 Å². The molecule has 0 aliphatic rings. The van der Waals surface area contributed by atoms with Gasteiger partial charge in [0.05, 0.1) is 82.5 Å². The summed E-state index contributed by atoms with van der Waals surface area (Å²) >= 11 is 9.35. The molecule has 15 nitrogen and oxygen atoms in total. The molecule has 0 unspecified atom stereocenters. The molecule has 0 fully saturated rings. The highest BCUT2D eigenvalue weighted by Gasteiger charge is 2.37. The molecule has 0 amide bonds. The standard InChI is InChI=1S/2C12H22N2.2C12H21NO.4C12H21NS.C12H20S.C11H21N3.C2H6/c4*1-8-9(11(2,3)4)13-14-10(8)12(5,6)7;2*1-8-9(11(2,3)4)13-10(14-8)12(5,6)7;2*1-8-9(11(2,3)4)14-10(13-8)12(5,6)7;1-11(2,3)9-7-8-10(13-9)12(4,5)6;1-8-9(10(2,3)4)12-13-14(8)11(5,6)7;1-2/h2*1-7H3,(H,13,14);6*1-7H3;7-8H,1-6H3;1-7H3;1-2H3. The van der Waals surface area contributed by atoms with Gasteiger partial charge in [0.1, 0.15) is 11.5 Å². The Morgan fingerprint density at radius 3 is 0.603 bits per heavy atom. The van der Waals surface area contributed by atoms with Crippen LogP contribution < -0.4 is 0 Å². The molecule has 20 heteroatoms. The molecule has 0 aliphatic carbocycles. The van der Waals surface area contributed by atoms with E-state index < -0.39 is 0 Å². The molecule has 10 aromatic rings. The van der Waals surface area contributed by atoms with Crippen LogP contribution in [0.15, 0.2) is 21.2 Å². The van der Waals surface area contributed by atoms with Gasteiger partial charge >= 0.3 is 0 Å². The summed E-state index contributed by atoms with van der Waals surface area (Å²) in [7, 11) is 0. The minimum absolute atomic E-state index is 0.0145. The van der Waals surface area contributed by atoms with Crippen molar-refractivity contribution in [1.82, 2.24) is 65.6 Å². The molecule has 0 aromatic carbocycles. The van der Waals surface area contributed by atoms with Crippen LogP contribution in [0, 0.1) is 62.3 Å². The van der Waals surface area contributed by atoms with Crippen LogP contribution in [-0.2, 0) is 108 Å². The summed E-state index contributed by atoms with van der Waals surface area (Å²) in [6.07, 6.45) is 0. The first-order valence-corrected chi connectivity index (χ1v) is 56.0. The number of aryl methyl sites for hydroxylation is 4. The molecular weight excluding hydrogens is 1830 g/mol. The monoisotopic (exact) mass is 2040 g/mol. The normalized spacial score (nSPS) is 13.2. The topological polar surface area (TPSA) is 192 Å². The fourth-order valence-corrected chi connectivity index (χ4v) is 21.5. The Bertz CT molecular complexity index is 4520. The van der Waals surface area contributed by atoms with E-state index in [-0.39, 0.29) is 97.6 Å². The molecule has 808 valence electrons. The molecule has 0 spiro atoms. The number of thiophene rings is 1. The first-order valence-electron chi connectivity index (χ1n) is 51.9. The third-order valence-electron chi connectivity index (χ3n) is 22.4. The summed E-state index contributed by atoms with van der Waals surface area (Å²) in [5.74, 6) is 2.00. The highest BCUT2D eigenvalue weighted by atomic mass is 32.1. The van der Waals surface area contributed by atoms with Crippen molar-refractivity contribution in [3.63, 3.8) is 0 Å².